The topological polar surface area (TPSA) is 96.9 Å². The Balaban J connectivity index is 1.53. The quantitative estimate of drug-likeness (QED) is 0.531. The molecule has 1 aliphatic heterocycles. The van der Waals surface area contributed by atoms with E-state index in [1.165, 1.54) is 30.3 Å². The smallest absolute Gasteiger partial charge is 0.416 e. The van der Waals surface area contributed by atoms with Gasteiger partial charge in [0.25, 0.3) is 15.9 Å². The van der Waals surface area contributed by atoms with Crippen LogP contribution in [0.3, 0.4) is 0 Å². The summed E-state index contributed by atoms with van der Waals surface area (Å²) in [5.74, 6) is -0.377. The first kappa shape index (κ1) is 23.3. The average Bonchev–Trinajstić information content (AvgIpc) is 3.05. The summed E-state index contributed by atoms with van der Waals surface area (Å²) < 4.78 is 72.7. The van der Waals surface area contributed by atoms with Crippen molar-refractivity contribution >= 4 is 33.1 Å². The third kappa shape index (κ3) is 4.74. The molecule has 2 N–H and O–H groups in total. The van der Waals surface area contributed by atoms with Crippen molar-refractivity contribution < 1.29 is 31.1 Å². The number of nitrogens with zero attached hydrogens (tertiary/aromatic N) is 1. The molecule has 0 saturated heterocycles. The third-order valence-corrected chi connectivity index (χ3v) is 6.23. The Morgan fingerprint density at radius 2 is 1.74 bits per heavy atom. The van der Waals surface area contributed by atoms with E-state index < -0.39 is 27.7 Å². The van der Waals surface area contributed by atoms with Crippen LogP contribution in [0.15, 0.2) is 76.0 Å². The molecule has 3 aromatic rings. The van der Waals surface area contributed by atoms with Crippen LogP contribution >= 0.6 is 0 Å². The van der Waals surface area contributed by atoms with E-state index in [0.29, 0.717) is 11.3 Å². The van der Waals surface area contributed by atoms with Crippen LogP contribution in [0.1, 0.15) is 28.4 Å². The molecule has 0 saturated carbocycles. The Morgan fingerprint density at radius 3 is 2.41 bits per heavy atom. The molecular weight excluding hydrogens is 471 g/mol. The first-order valence-corrected chi connectivity index (χ1v) is 11.5. The fraction of sp³-hybridized carbons (Fsp3) is 0.130. The number of halogens is 3. The van der Waals surface area contributed by atoms with E-state index >= 15 is 0 Å². The number of amidine groups is 1. The fourth-order valence-corrected chi connectivity index (χ4v) is 4.49. The van der Waals surface area contributed by atoms with Gasteiger partial charge in [0.05, 0.1) is 17.9 Å². The van der Waals surface area contributed by atoms with Crippen LogP contribution < -0.4 is 15.4 Å². The van der Waals surface area contributed by atoms with E-state index in [0.717, 1.165) is 18.2 Å². The Kier molecular flexibility index (Phi) is 6.05. The first-order chi connectivity index (χ1) is 16.1. The van der Waals surface area contributed by atoms with Gasteiger partial charge in [-0.25, -0.2) is 0 Å². The number of anilines is 2. The van der Waals surface area contributed by atoms with Crippen LogP contribution in [0.2, 0.25) is 0 Å². The van der Waals surface area contributed by atoms with Gasteiger partial charge in [0.2, 0.25) is 0 Å². The second-order valence-corrected chi connectivity index (χ2v) is 8.78. The number of hydrogen-bond donors (Lipinski definition) is 2. The van der Waals surface area contributed by atoms with E-state index in [4.69, 9.17) is 4.74 Å². The summed E-state index contributed by atoms with van der Waals surface area (Å²) in [5, 5.41) is 5.37. The number of fused-ring (bicyclic) bond motifs is 1. The highest BCUT2D eigenvalue weighted by atomic mass is 32.2. The van der Waals surface area contributed by atoms with Crippen LogP contribution in [0.5, 0.6) is 5.75 Å². The van der Waals surface area contributed by atoms with Crippen LogP contribution in [0, 0.1) is 0 Å². The number of sulfonamides is 1. The SMILES string of the molecule is CCOc1ccc(C(F)(F)F)cc1NC(=O)c1ccc(NC2=NS(=O)(=O)c3ccccc32)cc1. The van der Waals surface area contributed by atoms with Gasteiger partial charge in [0.15, 0.2) is 5.84 Å². The van der Waals surface area contributed by atoms with Crippen molar-refractivity contribution in [3.8, 4) is 5.75 Å². The first-order valence-electron chi connectivity index (χ1n) is 10.1. The summed E-state index contributed by atoms with van der Waals surface area (Å²) in [6.07, 6.45) is -4.58. The van der Waals surface area contributed by atoms with Gasteiger partial charge in [-0.3, -0.25) is 4.79 Å². The van der Waals surface area contributed by atoms with Gasteiger partial charge in [0.1, 0.15) is 10.6 Å². The highest BCUT2D eigenvalue weighted by molar-refractivity contribution is 7.90. The molecule has 7 nitrogen and oxygen atoms in total. The van der Waals surface area contributed by atoms with Gasteiger partial charge in [-0.15, -0.1) is 4.40 Å². The maximum absolute atomic E-state index is 13.1. The predicted molar refractivity (Wildman–Crippen MR) is 121 cm³/mol. The van der Waals surface area contributed by atoms with Crippen LogP contribution in [0.25, 0.3) is 0 Å². The molecule has 3 aromatic carbocycles. The summed E-state index contributed by atoms with van der Waals surface area (Å²) in [6, 6.07) is 15.2. The number of rotatable bonds is 5. The summed E-state index contributed by atoms with van der Waals surface area (Å²) in [4.78, 5) is 12.8. The number of benzene rings is 3. The van der Waals surface area contributed by atoms with E-state index in [9.17, 15) is 26.4 Å². The van der Waals surface area contributed by atoms with Gasteiger partial charge in [-0.05, 0) is 61.5 Å². The fourth-order valence-electron chi connectivity index (χ4n) is 3.32. The molecule has 34 heavy (non-hydrogen) atoms. The lowest BCUT2D eigenvalue weighted by Gasteiger charge is -2.15. The number of alkyl halides is 3. The van der Waals surface area contributed by atoms with Crippen molar-refractivity contribution in [1.29, 1.82) is 0 Å². The molecule has 0 bridgehead atoms. The average molecular weight is 489 g/mol. The Hall–Kier alpha value is -3.86. The lowest BCUT2D eigenvalue weighted by molar-refractivity contribution is -0.137. The Labute approximate surface area is 193 Å². The summed E-state index contributed by atoms with van der Waals surface area (Å²) in [6.45, 7) is 1.88. The Morgan fingerprint density at radius 1 is 1.03 bits per heavy atom. The minimum absolute atomic E-state index is 0.0969. The predicted octanol–water partition coefficient (Wildman–Crippen LogP) is 4.92. The normalized spacial score (nSPS) is 14.2. The summed E-state index contributed by atoms with van der Waals surface area (Å²) in [7, 11) is -3.78. The molecule has 0 aliphatic carbocycles. The lowest BCUT2D eigenvalue weighted by Crippen LogP contribution is -2.15. The van der Waals surface area contributed by atoms with E-state index in [1.807, 2.05) is 0 Å². The molecule has 0 radical (unpaired) electrons. The molecular formula is C23H18F3N3O4S. The van der Waals surface area contributed by atoms with Gasteiger partial charge in [0, 0.05) is 16.8 Å². The molecule has 0 atom stereocenters. The highest BCUT2D eigenvalue weighted by Crippen LogP contribution is 2.35. The summed E-state index contributed by atoms with van der Waals surface area (Å²) >= 11 is 0. The number of ether oxygens (including phenoxy) is 1. The number of hydrogen-bond acceptors (Lipinski definition) is 5. The highest BCUT2D eigenvalue weighted by Gasteiger charge is 2.31. The standard InChI is InChI=1S/C23H18F3N3O4S/c1-2-33-19-12-9-15(23(24,25)26)13-18(19)28-22(30)14-7-10-16(11-8-14)27-21-17-5-3-4-6-20(17)34(31,32)29-21/h3-13H,2H2,1H3,(H,27,29)(H,28,30). The molecule has 176 valence electrons. The van der Waals surface area contributed by atoms with E-state index in [2.05, 4.69) is 15.0 Å². The maximum atomic E-state index is 13.1. The Bertz CT molecular complexity index is 1390. The second-order valence-electron chi connectivity index (χ2n) is 7.21. The molecule has 0 fully saturated rings. The minimum atomic E-state index is -4.58. The second kappa shape index (κ2) is 8.82. The van der Waals surface area contributed by atoms with Crippen molar-refractivity contribution in [2.75, 3.05) is 17.2 Å². The largest absolute Gasteiger partial charge is 0.492 e. The molecule has 0 spiro atoms. The molecule has 0 unspecified atom stereocenters. The van der Waals surface area contributed by atoms with Crippen molar-refractivity contribution in [3.63, 3.8) is 0 Å². The van der Waals surface area contributed by atoms with Gasteiger partial charge < -0.3 is 15.4 Å². The monoisotopic (exact) mass is 489 g/mol. The zero-order valence-corrected chi connectivity index (χ0v) is 18.5. The van der Waals surface area contributed by atoms with Crippen LogP contribution in [-0.2, 0) is 16.2 Å². The maximum Gasteiger partial charge on any atom is 0.416 e. The number of carbonyl (C=O) groups is 1. The number of carbonyl (C=O) groups excluding carboxylic acids is 1. The van der Waals surface area contributed by atoms with Gasteiger partial charge in [-0.1, -0.05) is 12.1 Å². The zero-order valence-electron chi connectivity index (χ0n) is 17.7. The third-order valence-electron chi connectivity index (χ3n) is 4.90. The van der Waals surface area contributed by atoms with Crippen molar-refractivity contribution in [3.05, 3.63) is 83.4 Å². The van der Waals surface area contributed by atoms with E-state index in [-0.39, 0.29) is 34.3 Å². The molecule has 1 aliphatic rings. The lowest BCUT2D eigenvalue weighted by atomic mass is 10.1. The minimum Gasteiger partial charge on any atom is -0.492 e. The van der Waals surface area contributed by atoms with E-state index in [1.54, 1.807) is 25.1 Å². The van der Waals surface area contributed by atoms with Crippen LogP contribution in [0.4, 0.5) is 24.5 Å². The van der Waals surface area contributed by atoms with Gasteiger partial charge >= 0.3 is 6.18 Å². The zero-order chi connectivity index (χ0) is 24.5. The molecule has 4 rings (SSSR count). The molecule has 0 aromatic heterocycles. The summed E-state index contributed by atoms with van der Waals surface area (Å²) in [5.41, 5.74) is 0.0461. The molecule has 1 heterocycles. The van der Waals surface area contributed by atoms with Crippen molar-refractivity contribution in [1.82, 2.24) is 0 Å². The number of amides is 1. The molecule has 11 heteroatoms. The van der Waals surface area contributed by atoms with Crippen molar-refractivity contribution in [2.45, 2.75) is 18.0 Å². The van der Waals surface area contributed by atoms with Crippen molar-refractivity contribution in [2.24, 2.45) is 4.40 Å². The van der Waals surface area contributed by atoms with Crippen LogP contribution in [-0.4, -0.2) is 26.8 Å². The number of nitrogens with one attached hydrogen (secondary N) is 2. The van der Waals surface area contributed by atoms with Gasteiger partial charge in [-0.2, -0.15) is 21.6 Å². The molecule has 1 amide bonds.